The molecule has 0 saturated heterocycles. The van der Waals surface area contributed by atoms with Crippen LogP contribution < -0.4 is 14.2 Å². The average Bonchev–Trinajstić information content (AvgIpc) is 2.41. The molecule has 1 aromatic heterocycles. The summed E-state index contributed by atoms with van der Waals surface area (Å²) < 4.78 is 19.7. The lowest BCUT2D eigenvalue weighted by atomic mass is 9.94. The van der Waals surface area contributed by atoms with Gasteiger partial charge in [-0.15, -0.1) is 0 Å². The van der Waals surface area contributed by atoms with Gasteiger partial charge in [0, 0.05) is 0 Å². The Bertz CT molecular complexity index is 757. The number of hydrogen-bond donors (Lipinski definition) is 0. The summed E-state index contributed by atoms with van der Waals surface area (Å²) >= 11 is 0. The molecule has 0 saturated carbocycles. The van der Waals surface area contributed by atoms with Crippen LogP contribution in [0.15, 0.2) is 0 Å². The molecule has 21 heavy (non-hydrogen) atoms. The Balaban J connectivity index is 2.12. The third-order valence-corrected chi connectivity index (χ3v) is 3.14. The van der Waals surface area contributed by atoms with Gasteiger partial charge < -0.3 is 18.9 Å². The van der Waals surface area contributed by atoms with E-state index < -0.39 is 65.7 Å². The van der Waals surface area contributed by atoms with Crippen LogP contribution in [0.25, 0.3) is 0 Å². The fraction of sp³-hybridized carbons (Fsp3) is 0.273. The summed E-state index contributed by atoms with van der Waals surface area (Å²) in [6, 6.07) is -0.492. The van der Waals surface area contributed by atoms with Crippen LogP contribution in [0.1, 0.15) is 23.3 Å². The maximum absolute atomic E-state index is 12.2. The van der Waals surface area contributed by atoms with Crippen molar-refractivity contribution in [2.24, 2.45) is 0 Å². The summed E-state index contributed by atoms with van der Waals surface area (Å²) in [5.41, 5.74) is -2.60. The number of nitrogens with zero attached hydrogens (tertiary/aromatic N) is 2. The van der Waals surface area contributed by atoms with Gasteiger partial charge in [0.2, 0.25) is 17.0 Å². The Morgan fingerprint density at radius 1 is 0.905 bits per heavy atom. The lowest BCUT2D eigenvalue weighted by Gasteiger charge is -2.32. The second-order valence-corrected chi connectivity index (χ2v) is 4.56. The van der Waals surface area contributed by atoms with Crippen LogP contribution in [0.5, 0.6) is 17.6 Å². The monoisotopic (exact) mass is 292 g/mol. The Labute approximate surface area is 115 Å². The van der Waals surface area contributed by atoms with E-state index in [2.05, 4.69) is 9.97 Å². The first-order chi connectivity index (χ1) is 9.97. The van der Waals surface area contributed by atoms with Crippen LogP contribution >= 0.6 is 0 Å². The number of ether oxygens (including phenoxy) is 4. The Morgan fingerprint density at radius 3 is 2.38 bits per heavy atom. The van der Waals surface area contributed by atoms with Gasteiger partial charge in [0.1, 0.15) is 0 Å². The minimum Gasteiger partial charge on any atom is -0.441 e. The highest BCUT2D eigenvalue weighted by Gasteiger charge is 2.55. The molecule has 5 aliphatic rings. The number of carbonyl (C=O) groups excluding carboxylic acids is 4. The molecule has 10 nitrogen and oxygen atoms in total. The summed E-state index contributed by atoms with van der Waals surface area (Å²) in [5, 5.41) is 0. The zero-order valence-corrected chi connectivity index (χ0v) is 10.1. The summed E-state index contributed by atoms with van der Waals surface area (Å²) in [6.45, 7) is 0. The molecule has 10 heteroatoms. The van der Waals surface area contributed by atoms with Crippen LogP contribution in [0.4, 0.5) is 0 Å². The van der Waals surface area contributed by atoms with E-state index in [1.165, 1.54) is 0 Å². The summed E-state index contributed by atoms with van der Waals surface area (Å²) in [5.74, 6) is -4.85. The molecule has 5 bridgehead atoms. The van der Waals surface area contributed by atoms with Crippen LogP contribution in [0, 0.1) is 0 Å². The Hall–Kier alpha value is -3.04. The van der Waals surface area contributed by atoms with Gasteiger partial charge in [0.15, 0.2) is 0 Å². The van der Waals surface area contributed by atoms with Gasteiger partial charge in [-0.1, -0.05) is 0 Å². The highest BCUT2D eigenvalue weighted by molar-refractivity contribution is 6.02. The molecule has 0 aliphatic carbocycles. The predicted octanol–water partition coefficient (Wildman–Crippen LogP) is -1.09. The molecule has 6 rings (SSSR count). The minimum absolute atomic E-state index is 0.437. The smallest absolute Gasteiger partial charge is 0.362 e. The second kappa shape index (κ2) is 3.53. The number of hydrogen-bond acceptors (Lipinski definition) is 10. The van der Waals surface area contributed by atoms with Gasteiger partial charge >= 0.3 is 29.9 Å². The van der Waals surface area contributed by atoms with Gasteiger partial charge in [-0.05, 0) is 0 Å². The van der Waals surface area contributed by atoms with Crippen molar-refractivity contribution in [3.8, 4) is 17.6 Å². The van der Waals surface area contributed by atoms with Crippen molar-refractivity contribution in [2.45, 2.75) is 18.4 Å². The first-order valence-corrected chi connectivity index (χ1v) is 5.76. The molecule has 1 spiro atoms. The highest BCUT2D eigenvalue weighted by Crippen LogP contribution is 2.41. The largest absolute Gasteiger partial charge is 0.441 e. The maximum atomic E-state index is 12.2. The molecule has 1 aromatic rings. The molecular formula is C11H4N2O8. The molecule has 0 aromatic carbocycles. The topological polar surface area (TPSA) is 131 Å². The molecule has 106 valence electrons. The van der Waals surface area contributed by atoms with E-state index in [4.69, 9.17) is 18.9 Å². The molecular weight excluding hydrogens is 288 g/mol. The van der Waals surface area contributed by atoms with Crippen molar-refractivity contribution in [1.82, 2.24) is 9.97 Å². The van der Waals surface area contributed by atoms with Gasteiger partial charge in [0.05, 0.1) is 12.8 Å². The van der Waals surface area contributed by atoms with Crippen LogP contribution in [-0.4, -0.2) is 39.4 Å². The lowest BCUT2D eigenvalue weighted by Crippen LogP contribution is -2.52. The predicted molar refractivity (Wildman–Crippen MR) is 56.3 cm³/mol. The Kier molecular flexibility index (Phi) is 1.98. The van der Waals surface area contributed by atoms with Gasteiger partial charge in [-0.25, -0.2) is 9.59 Å². The summed E-state index contributed by atoms with van der Waals surface area (Å²) in [4.78, 5) is 55.2. The summed E-state index contributed by atoms with van der Waals surface area (Å²) in [6.07, 6.45) is -1.39. The van der Waals surface area contributed by atoms with Crippen molar-refractivity contribution in [2.75, 3.05) is 0 Å². The van der Waals surface area contributed by atoms with Crippen LogP contribution in [-0.2, 0) is 19.1 Å². The van der Waals surface area contributed by atoms with E-state index in [0.717, 1.165) is 0 Å². The van der Waals surface area contributed by atoms with Crippen LogP contribution in [0.2, 0.25) is 0 Å². The number of fused-ring (bicyclic) bond motifs is 4. The Morgan fingerprint density at radius 2 is 1.62 bits per heavy atom. The van der Waals surface area contributed by atoms with Gasteiger partial charge in [0.25, 0.3) is 5.88 Å². The molecule has 6 heterocycles. The van der Waals surface area contributed by atoms with Crippen LogP contribution in [0.3, 0.4) is 0 Å². The molecule has 0 radical (unpaired) electrons. The standard InChI is InChI=1S/C11H4N2O8/c14-3-1-11-2-4(15)19-10-12-5(8(16)21-11)6(18-3)7(13-10)20-9(11)17/h1-2H2. The van der Waals surface area contributed by atoms with E-state index in [-0.39, 0.29) is 0 Å². The molecule has 0 N–H and O–H groups in total. The van der Waals surface area contributed by atoms with Crippen molar-refractivity contribution < 1.29 is 38.1 Å². The van der Waals surface area contributed by atoms with Crippen molar-refractivity contribution in [1.29, 1.82) is 0 Å². The molecule has 5 aliphatic heterocycles. The zero-order valence-electron chi connectivity index (χ0n) is 10.1. The van der Waals surface area contributed by atoms with Gasteiger partial charge in [-0.3, -0.25) is 9.59 Å². The number of rotatable bonds is 0. The minimum atomic E-state index is -2.15. The first kappa shape index (κ1) is 11.8. The average molecular weight is 292 g/mol. The normalized spacial score (nSPS) is 25.9. The van der Waals surface area contributed by atoms with Crippen molar-refractivity contribution >= 4 is 23.9 Å². The number of aromatic nitrogens is 2. The zero-order chi connectivity index (χ0) is 14.8. The fourth-order valence-corrected chi connectivity index (χ4v) is 2.24. The number of carbonyl (C=O) groups is 4. The highest BCUT2D eigenvalue weighted by atomic mass is 16.6. The van der Waals surface area contributed by atoms with E-state index >= 15 is 0 Å². The SMILES string of the molecule is O=C1CC23CC(=O)Oc4c(nc(nc4C(=O)O2)O1)OC3=O. The van der Waals surface area contributed by atoms with E-state index in [1.807, 2.05) is 0 Å². The quantitative estimate of drug-likeness (QED) is 0.543. The van der Waals surface area contributed by atoms with Crippen molar-refractivity contribution in [3.05, 3.63) is 5.69 Å². The molecule has 0 fully saturated rings. The maximum Gasteiger partial charge on any atom is 0.362 e. The first-order valence-electron chi connectivity index (χ1n) is 5.76. The molecule has 1 unspecified atom stereocenters. The number of esters is 4. The third-order valence-electron chi connectivity index (χ3n) is 3.14. The van der Waals surface area contributed by atoms with Gasteiger partial charge in [-0.2, -0.15) is 9.97 Å². The van der Waals surface area contributed by atoms with E-state index in [9.17, 15) is 19.2 Å². The summed E-state index contributed by atoms with van der Waals surface area (Å²) in [7, 11) is 0. The molecule has 1 atom stereocenters. The van der Waals surface area contributed by atoms with E-state index in [1.54, 1.807) is 0 Å². The molecule has 0 amide bonds. The van der Waals surface area contributed by atoms with E-state index in [0.29, 0.717) is 0 Å². The fourth-order valence-electron chi connectivity index (χ4n) is 2.24. The second-order valence-electron chi connectivity index (χ2n) is 4.56. The lowest BCUT2D eigenvalue weighted by molar-refractivity contribution is -0.169. The van der Waals surface area contributed by atoms with Crippen molar-refractivity contribution in [3.63, 3.8) is 0 Å². The third kappa shape index (κ3) is 1.52.